The molecule has 1 fully saturated rings. The molecule has 1 amide bonds. The van der Waals surface area contributed by atoms with E-state index in [4.69, 9.17) is 9.47 Å². The van der Waals surface area contributed by atoms with Gasteiger partial charge in [-0.2, -0.15) is 0 Å². The molecule has 3 rings (SSSR count). The lowest BCUT2D eigenvalue weighted by molar-refractivity contribution is 0.0163. The van der Waals surface area contributed by atoms with Crippen molar-refractivity contribution in [2.24, 2.45) is 5.92 Å². The average Bonchev–Trinajstić information content (AvgIpc) is 2.97. The Balaban J connectivity index is 2.00. The lowest BCUT2D eigenvalue weighted by atomic mass is 9.85. The van der Waals surface area contributed by atoms with Crippen LogP contribution in [0.25, 0.3) is 11.0 Å². The quantitative estimate of drug-likeness (QED) is 0.707. The first kappa shape index (κ1) is 24.0. The molecule has 2 aromatic rings. The van der Waals surface area contributed by atoms with Gasteiger partial charge in [-0.3, -0.25) is 4.98 Å². The maximum atomic E-state index is 13.1. The third kappa shape index (κ3) is 6.00. The van der Waals surface area contributed by atoms with E-state index < -0.39 is 23.4 Å². The molecule has 1 saturated carbocycles. The highest BCUT2D eigenvalue weighted by Crippen LogP contribution is 2.29. The summed E-state index contributed by atoms with van der Waals surface area (Å²) in [7, 11) is 0. The largest absolute Gasteiger partial charge is 0.444 e. The summed E-state index contributed by atoms with van der Waals surface area (Å²) < 4.78 is 12.7. The second kappa shape index (κ2) is 9.10. The molecule has 0 atom stereocenters. The van der Waals surface area contributed by atoms with E-state index in [-0.39, 0.29) is 13.2 Å². The number of pyridine rings is 1. The number of aliphatic hydroxyl groups is 1. The third-order valence-electron chi connectivity index (χ3n) is 5.25. The smallest absolute Gasteiger partial charge is 0.419 e. The van der Waals surface area contributed by atoms with Crippen LogP contribution in [-0.4, -0.2) is 49.5 Å². The van der Waals surface area contributed by atoms with Crippen LogP contribution in [0.2, 0.25) is 0 Å². The highest BCUT2D eigenvalue weighted by Gasteiger charge is 2.30. The minimum Gasteiger partial charge on any atom is -0.444 e. The normalized spacial score (nSPS) is 14.8. The fourth-order valence-electron chi connectivity index (χ4n) is 3.61. The average molecular weight is 446 g/mol. The van der Waals surface area contributed by atoms with Crippen molar-refractivity contribution >= 4 is 23.2 Å². The van der Waals surface area contributed by atoms with Gasteiger partial charge in [0.25, 0.3) is 0 Å². The molecular formula is C24H35N3O5. The summed E-state index contributed by atoms with van der Waals surface area (Å²) in [4.78, 5) is 32.2. The number of amides is 1. The van der Waals surface area contributed by atoms with Gasteiger partial charge in [-0.1, -0.05) is 6.42 Å². The van der Waals surface area contributed by atoms with E-state index in [1.54, 1.807) is 44.0 Å². The van der Waals surface area contributed by atoms with Crippen LogP contribution in [0.15, 0.2) is 18.3 Å². The van der Waals surface area contributed by atoms with Crippen molar-refractivity contribution < 1.29 is 24.2 Å². The van der Waals surface area contributed by atoms with Crippen molar-refractivity contribution in [3.63, 3.8) is 0 Å². The molecular weight excluding hydrogens is 410 g/mol. The zero-order valence-electron chi connectivity index (χ0n) is 20.0. The zero-order chi connectivity index (χ0) is 23.7. The molecule has 1 aliphatic rings. The Labute approximate surface area is 189 Å². The number of ether oxygens (including phenoxy) is 2. The van der Waals surface area contributed by atoms with Crippen LogP contribution in [0.1, 0.15) is 72.1 Å². The fourth-order valence-corrected chi connectivity index (χ4v) is 3.61. The van der Waals surface area contributed by atoms with E-state index >= 15 is 0 Å². The Kier molecular flexibility index (Phi) is 6.83. The van der Waals surface area contributed by atoms with Gasteiger partial charge in [-0.05, 0) is 78.0 Å². The monoisotopic (exact) mass is 445 g/mol. The molecule has 1 N–H and O–H groups in total. The first-order valence-electron chi connectivity index (χ1n) is 11.2. The molecule has 8 nitrogen and oxygen atoms in total. The number of hydrogen-bond acceptors (Lipinski definition) is 6. The molecule has 2 aromatic heterocycles. The van der Waals surface area contributed by atoms with Gasteiger partial charge in [-0.25, -0.2) is 14.2 Å². The molecule has 1 aliphatic carbocycles. The van der Waals surface area contributed by atoms with E-state index in [9.17, 15) is 14.7 Å². The van der Waals surface area contributed by atoms with Crippen LogP contribution < -0.4 is 0 Å². The van der Waals surface area contributed by atoms with Crippen molar-refractivity contribution in [2.45, 2.75) is 85.2 Å². The van der Waals surface area contributed by atoms with Crippen LogP contribution in [0, 0.1) is 5.92 Å². The number of rotatable bonds is 5. The SMILES string of the molecule is CC(C)(C)OC(=O)N(Cc1cc2ncc(CO)cc2n1C(=O)OC(C)(C)C)CC1CCC1. The van der Waals surface area contributed by atoms with Gasteiger partial charge >= 0.3 is 12.2 Å². The number of aliphatic hydroxyl groups excluding tert-OH is 1. The Bertz CT molecular complexity index is 980. The molecule has 8 heteroatoms. The summed E-state index contributed by atoms with van der Waals surface area (Å²) >= 11 is 0. The van der Waals surface area contributed by atoms with Crippen molar-refractivity contribution in [3.8, 4) is 0 Å². The Hall–Kier alpha value is -2.61. The number of aromatic nitrogens is 2. The number of carbonyl (C=O) groups is 2. The molecule has 32 heavy (non-hydrogen) atoms. The van der Waals surface area contributed by atoms with E-state index in [0.717, 1.165) is 12.8 Å². The van der Waals surface area contributed by atoms with Gasteiger partial charge in [-0.15, -0.1) is 0 Å². The number of carbonyl (C=O) groups excluding carboxylic acids is 2. The van der Waals surface area contributed by atoms with E-state index in [1.807, 2.05) is 20.8 Å². The minimum atomic E-state index is -0.691. The van der Waals surface area contributed by atoms with Crippen molar-refractivity contribution in [2.75, 3.05) is 6.54 Å². The second-order valence-corrected chi connectivity index (χ2v) is 10.5. The van der Waals surface area contributed by atoms with Crippen LogP contribution in [0.4, 0.5) is 9.59 Å². The van der Waals surface area contributed by atoms with Gasteiger partial charge in [0.1, 0.15) is 11.2 Å². The summed E-state index contributed by atoms with van der Waals surface area (Å²) in [5.74, 6) is 0.431. The topological polar surface area (TPSA) is 93.9 Å². The predicted octanol–water partition coefficient (Wildman–Crippen LogP) is 4.85. The van der Waals surface area contributed by atoms with Gasteiger partial charge < -0.3 is 19.5 Å². The molecule has 2 heterocycles. The standard InChI is InChI=1S/C24H35N3O5/c1-23(2,3)31-21(29)26(13-16-8-7-9-16)14-18-11-19-20(10-17(15-28)12-25-19)27(18)22(30)32-24(4,5)6/h10-12,16,28H,7-9,13-15H2,1-6H3. The van der Waals surface area contributed by atoms with Crippen molar-refractivity contribution in [3.05, 3.63) is 29.6 Å². The second-order valence-electron chi connectivity index (χ2n) is 10.5. The molecule has 0 aliphatic heterocycles. The first-order valence-corrected chi connectivity index (χ1v) is 11.2. The van der Waals surface area contributed by atoms with Crippen molar-refractivity contribution in [1.82, 2.24) is 14.5 Å². The number of fused-ring (bicyclic) bond motifs is 1. The van der Waals surface area contributed by atoms with Gasteiger partial charge in [0.15, 0.2) is 0 Å². The Morgan fingerprint density at radius 2 is 1.78 bits per heavy atom. The molecule has 0 unspecified atom stereocenters. The van der Waals surface area contributed by atoms with Crippen LogP contribution in [-0.2, 0) is 22.6 Å². The lowest BCUT2D eigenvalue weighted by Crippen LogP contribution is -2.41. The van der Waals surface area contributed by atoms with Crippen LogP contribution in [0.3, 0.4) is 0 Å². The Morgan fingerprint density at radius 1 is 1.12 bits per heavy atom. The molecule has 0 bridgehead atoms. The highest BCUT2D eigenvalue weighted by molar-refractivity contribution is 5.89. The summed E-state index contributed by atoms with van der Waals surface area (Å²) in [5, 5.41) is 9.54. The van der Waals surface area contributed by atoms with Crippen molar-refractivity contribution in [1.29, 1.82) is 0 Å². The van der Waals surface area contributed by atoms with Gasteiger partial charge in [0, 0.05) is 12.7 Å². The predicted molar refractivity (Wildman–Crippen MR) is 121 cm³/mol. The molecule has 0 saturated heterocycles. The summed E-state index contributed by atoms with van der Waals surface area (Å²) in [6.45, 7) is 11.5. The summed E-state index contributed by atoms with van der Waals surface area (Å²) in [6, 6.07) is 3.51. The fraction of sp³-hybridized carbons (Fsp3) is 0.625. The molecule has 0 spiro atoms. The van der Waals surface area contributed by atoms with Gasteiger partial charge in [0.2, 0.25) is 0 Å². The number of hydrogen-bond donors (Lipinski definition) is 1. The minimum absolute atomic E-state index is 0.190. The highest BCUT2D eigenvalue weighted by atomic mass is 16.6. The van der Waals surface area contributed by atoms with E-state index in [0.29, 0.717) is 34.8 Å². The van der Waals surface area contributed by atoms with E-state index in [2.05, 4.69) is 4.98 Å². The van der Waals surface area contributed by atoms with Crippen LogP contribution in [0.5, 0.6) is 0 Å². The van der Waals surface area contributed by atoms with Gasteiger partial charge in [0.05, 0.1) is 29.9 Å². The number of nitrogens with zero attached hydrogens (tertiary/aromatic N) is 3. The molecule has 176 valence electrons. The molecule has 0 radical (unpaired) electrons. The molecule has 0 aromatic carbocycles. The summed E-state index contributed by atoms with van der Waals surface area (Å²) in [5.41, 5.74) is 0.991. The van der Waals surface area contributed by atoms with E-state index in [1.165, 1.54) is 11.0 Å². The zero-order valence-corrected chi connectivity index (χ0v) is 20.0. The maximum absolute atomic E-state index is 13.1. The summed E-state index contributed by atoms with van der Waals surface area (Å²) in [6.07, 6.45) is 3.94. The van der Waals surface area contributed by atoms with Crippen LogP contribution >= 0.6 is 0 Å². The lowest BCUT2D eigenvalue weighted by Gasteiger charge is -2.33. The maximum Gasteiger partial charge on any atom is 0.419 e. The third-order valence-corrected chi connectivity index (χ3v) is 5.25. The first-order chi connectivity index (χ1) is 14.9. The Morgan fingerprint density at radius 3 is 2.31 bits per heavy atom.